The van der Waals surface area contributed by atoms with E-state index in [0.717, 1.165) is 36.4 Å². The van der Waals surface area contributed by atoms with Gasteiger partial charge in [0.05, 0.1) is 16.5 Å². The first-order valence-corrected chi connectivity index (χ1v) is 7.52. The Bertz CT molecular complexity index is 638. The summed E-state index contributed by atoms with van der Waals surface area (Å²) >= 11 is 1.67. The minimum absolute atomic E-state index is 0.376. The largest absolute Gasteiger partial charge is 0.247 e. The minimum atomic E-state index is -0.376. The predicted molar refractivity (Wildman–Crippen MR) is 77.2 cm³/mol. The van der Waals surface area contributed by atoms with Crippen LogP contribution in [0.25, 0.3) is 0 Å². The van der Waals surface area contributed by atoms with Gasteiger partial charge in [0.15, 0.2) is 0 Å². The van der Waals surface area contributed by atoms with Crippen molar-refractivity contribution in [3.05, 3.63) is 51.5 Å². The molecule has 1 aliphatic rings. The number of aryl methyl sites for hydroxylation is 2. The first-order valence-electron chi connectivity index (χ1n) is 6.64. The standard InChI is InChI=1S/C16H16N2S/c1-12-10-19-15(18-12)9-16(11-17)8-4-6-13-5-2-3-7-14(13)16/h2-3,5,7,10H,4,6,8-9H2,1H3. The lowest BCUT2D eigenvalue weighted by atomic mass is 9.69. The molecule has 2 nitrogen and oxygen atoms in total. The molecule has 0 N–H and O–H groups in total. The maximum atomic E-state index is 9.78. The van der Waals surface area contributed by atoms with E-state index in [2.05, 4.69) is 34.6 Å². The molecule has 19 heavy (non-hydrogen) atoms. The molecule has 0 saturated carbocycles. The second-order valence-corrected chi connectivity index (χ2v) is 6.21. The lowest BCUT2D eigenvalue weighted by Crippen LogP contribution is -2.31. The van der Waals surface area contributed by atoms with E-state index >= 15 is 0 Å². The van der Waals surface area contributed by atoms with Crippen LogP contribution in [0.1, 0.15) is 34.7 Å². The highest BCUT2D eigenvalue weighted by molar-refractivity contribution is 7.09. The second-order valence-electron chi connectivity index (χ2n) is 5.26. The zero-order valence-corrected chi connectivity index (χ0v) is 11.8. The molecular weight excluding hydrogens is 252 g/mol. The zero-order chi connectivity index (χ0) is 13.3. The van der Waals surface area contributed by atoms with Crippen LogP contribution in [0.2, 0.25) is 0 Å². The third kappa shape index (κ3) is 2.17. The molecule has 96 valence electrons. The highest BCUT2D eigenvalue weighted by atomic mass is 32.1. The van der Waals surface area contributed by atoms with Crippen LogP contribution in [0.15, 0.2) is 29.6 Å². The van der Waals surface area contributed by atoms with Gasteiger partial charge in [-0.15, -0.1) is 11.3 Å². The molecule has 0 bridgehead atoms. The van der Waals surface area contributed by atoms with Crippen LogP contribution >= 0.6 is 11.3 Å². The van der Waals surface area contributed by atoms with E-state index in [0.29, 0.717) is 0 Å². The molecule has 1 aromatic heterocycles. The third-order valence-electron chi connectivity index (χ3n) is 3.92. The Labute approximate surface area is 117 Å². The maximum absolute atomic E-state index is 9.78. The van der Waals surface area contributed by atoms with E-state index in [1.165, 1.54) is 11.1 Å². The van der Waals surface area contributed by atoms with Crippen LogP contribution in [0.3, 0.4) is 0 Å². The van der Waals surface area contributed by atoms with Crippen molar-refractivity contribution in [1.29, 1.82) is 5.26 Å². The third-order valence-corrected chi connectivity index (χ3v) is 4.88. The molecule has 1 unspecified atom stereocenters. The highest BCUT2D eigenvalue weighted by Gasteiger charge is 2.37. The van der Waals surface area contributed by atoms with Gasteiger partial charge in [-0.05, 0) is 37.3 Å². The Balaban J connectivity index is 2.03. The van der Waals surface area contributed by atoms with Crippen LogP contribution in [0.4, 0.5) is 0 Å². The molecule has 0 spiro atoms. The van der Waals surface area contributed by atoms with Crippen LogP contribution in [-0.2, 0) is 18.3 Å². The van der Waals surface area contributed by atoms with E-state index in [4.69, 9.17) is 0 Å². The van der Waals surface area contributed by atoms with Gasteiger partial charge in [0.1, 0.15) is 0 Å². The van der Waals surface area contributed by atoms with Gasteiger partial charge in [-0.3, -0.25) is 0 Å². The average Bonchev–Trinajstić information content (AvgIpc) is 2.84. The SMILES string of the molecule is Cc1csc(CC2(C#N)CCCc3ccccc32)n1. The summed E-state index contributed by atoms with van der Waals surface area (Å²) in [6.45, 7) is 2.01. The molecule has 3 rings (SSSR count). The van der Waals surface area contributed by atoms with Crippen LogP contribution in [0.5, 0.6) is 0 Å². The lowest BCUT2D eigenvalue weighted by Gasteiger charge is -2.32. The fourth-order valence-corrected chi connectivity index (χ4v) is 3.89. The van der Waals surface area contributed by atoms with Gasteiger partial charge in [0.2, 0.25) is 0 Å². The molecule has 2 aromatic rings. The van der Waals surface area contributed by atoms with Crippen molar-refractivity contribution >= 4 is 11.3 Å². The number of hydrogen-bond acceptors (Lipinski definition) is 3. The summed E-state index contributed by atoms with van der Waals surface area (Å²) in [6, 6.07) is 11.0. The second kappa shape index (κ2) is 4.79. The normalized spacial score (nSPS) is 21.7. The lowest BCUT2D eigenvalue weighted by molar-refractivity contribution is 0.449. The topological polar surface area (TPSA) is 36.7 Å². The number of hydrogen-bond donors (Lipinski definition) is 0. The molecule has 0 radical (unpaired) electrons. The Hall–Kier alpha value is -1.66. The van der Waals surface area contributed by atoms with E-state index in [9.17, 15) is 5.26 Å². The van der Waals surface area contributed by atoms with Gasteiger partial charge in [-0.2, -0.15) is 5.26 Å². The van der Waals surface area contributed by atoms with E-state index < -0.39 is 0 Å². The van der Waals surface area contributed by atoms with E-state index in [1.54, 1.807) is 11.3 Å². The number of nitriles is 1. The monoisotopic (exact) mass is 268 g/mol. The van der Waals surface area contributed by atoms with E-state index in [1.807, 2.05) is 13.0 Å². The molecule has 3 heteroatoms. The van der Waals surface area contributed by atoms with Gasteiger partial charge in [0, 0.05) is 17.5 Å². The summed E-state index contributed by atoms with van der Waals surface area (Å²) < 4.78 is 0. The van der Waals surface area contributed by atoms with Gasteiger partial charge in [-0.1, -0.05) is 24.3 Å². The number of benzene rings is 1. The van der Waals surface area contributed by atoms with Crippen molar-refractivity contribution in [1.82, 2.24) is 4.98 Å². The molecule has 0 fully saturated rings. The molecule has 0 amide bonds. The molecule has 1 aliphatic carbocycles. The first-order chi connectivity index (χ1) is 9.23. The van der Waals surface area contributed by atoms with Crippen molar-refractivity contribution < 1.29 is 0 Å². The van der Waals surface area contributed by atoms with Crippen molar-refractivity contribution in [2.45, 2.75) is 38.0 Å². The summed E-state index contributed by atoms with van der Waals surface area (Å²) in [5.74, 6) is 0. The van der Waals surface area contributed by atoms with Crippen molar-refractivity contribution in [3.8, 4) is 6.07 Å². The fraction of sp³-hybridized carbons (Fsp3) is 0.375. The van der Waals surface area contributed by atoms with Crippen molar-refractivity contribution in [3.63, 3.8) is 0 Å². The first kappa shape index (κ1) is 12.4. The smallest absolute Gasteiger partial charge is 0.0947 e. The Morgan fingerprint density at radius 2 is 2.26 bits per heavy atom. The molecule has 1 heterocycles. The predicted octanol–water partition coefficient (Wildman–Crippen LogP) is 3.79. The Kier molecular flexibility index (Phi) is 3.12. The highest BCUT2D eigenvalue weighted by Crippen LogP contribution is 2.39. The van der Waals surface area contributed by atoms with Crippen LogP contribution in [-0.4, -0.2) is 4.98 Å². The number of fused-ring (bicyclic) bond motifs is 1. The van der Waals surface area contributed by atoms with Gasteiger partial charge in [-0.25, -0.2) is 4.98 Å². The van der Waals surface area contributed by atoms with Crippen LogP contribution in [0, 0.1) is 18.3 Å². The number of nitrogens with zero attached hydrogens (tertiary/aromatic N) is 2. The van der Waals surface area contributed by atoms with Crippen LogP contribution < -0.4 is 0 Å². The number of thiazole rings is 1. The minimum Gasteiger partial charge on any atom is -0.247 e. The quantitative estimate of drug-likeness (QED) is 0.831. The summed E-state index contributed by atoms with van der Waals surface area (Å²) in [6.07, 6.45) is 3.88. The summed E-state index contributed by atoms with van der Waals surface area (Å²) in [5, 5.41) is 12.9. The fourth-order valence-electron chi connectivity index (χ4n) is 3.00. The molecule has 0 aliphatic heterocycles. The van der Waals surface area contributed by atoms with Crippen molar-refractivity contribution in [2.75, 3.05) is 0 Å². The Morgan fingerprint density at radius 1 is 1.42 bits per heavy atom. The average molecular weight is 268 g/mol. The number of rotatable bonds is 2. The van der Waals surface area contributed by atoms with Crippen molar-refractivity contribution in [2.24, 2.45) is 0 Å². The van der Waals surface area contributed by atoms with E-state index in [-0.39, 0.29) is 5.41 Å². The molecular formula is C16H16N2S. The molecule has 0 saturated heterocycles. The number of aromatic nitrogens is 1. The Morgan fingerprint density at radius 3 is 3.00 bits per heavy atom. The molecule has 1 atom stereocenters. The zero-order valence-electron chi connectivity index (χ0n) is 11.0. The molecule has 1 aromatic carbocycles. The maximum Gasteiger partial charge on any atom is 0.0947 e. The van der Waals surface area contributed by atoms with Gasteiger partial charge >= 0.3 is 0 Å². The summed E-state index contributed by atoms with van der Waals surface area (Å²) in [7, 11) is 0. The summed E-state index contributed by atoms with van der Waals surface area (Å²) in [5.41, 5.74) is 3.23. The van der Waals surface area contributed by atoms with Gasteiger partial charge < -0.3 is 0 Å². The van der Waals surface area contributed by atoms with Gasteiger partial charge in [0.25, 0.3) is 0 Å². The summed E-state index contributed by atoms with van der Waals surface area (Å²) in [4.78, 5) is 4.54.